The summed E-state index contributed by atoms with van der Waals surface area (Å²) in [6, 6.07) is 4.40. The molecule has 0 aliphatic carbocycles. The first-order valence-corrected chi connectivity index (χ1v) is 9.40. The molecule has 26 heavy (non-hydrogen) atoms. The van der Waals surface area contributed by atoms with Gasteiger partial charge in [-0.05, 0) is 34.4 Å². The molecule has 0 spiro atoms. The Bertz CT molecular complexity index is 588. The zero-order valence-electron chi connectivity index (χ0n) is 16.9. The van der Waals surface area contributed by atoms with Gasteiger partial charge >= 0.3 is 11.9 Å². The molecule has 0 bridgehead atoms. The first-order valence-electron chi connectivity index (χ1n) is 9.40. The molecule has 2 N–H and O–H groups in total. The minimum absolute atomic E-state index is 0.0133. The van der Waals surface area contributed by atoms with Crippen LogP contribution in [0, 0.1) is 0 Å². The van der Waals surface area contributed by atoms with Crippen LogP contribution in [0.25, 0.3) is 0 Å². The molecule has 0 aliphatic heterocycles. The predicted octanol–water partition coefficient (Wildman–Crippen LogP) is 4.81. The van der Waals surface area contributed by atoms with E-state index in [1.54, 1.807) is 0 Å². The number of hydrogen-bond donors (Lipinski definition) is 2. The smallest absolute Gasteiger partial charge is 0.305 e. The Morgan fingerprint density at radius 2 is 1.19 bits per heavy atom. The number of carbonyl (C=O) groups is 2. The lowest BCUT2D eigenvalue weighted by molar-refractivity contribution is -0.137. The summed E-state index contributed by atoms with van der Waals surface area (Å²) in [6.45, 7) is 13.4. The number of aliphatic carboxylic acids is 2. The molecule has 146 valence electrons. The number of hydrogen-bond acceptors (Lipinski definition) is 3. The van der Waals surface area contributed by atoms with Gasteiger partial charge in [0.1, 0.15) is 0 Å². The van der Waals surface area contributed by atoms with Crippen LogP contribution < -0.4 is 4.90 Å². The summed E-state index contributed by atoms with van der Waals surface area (Å²) in [6.07, 6.45) is -0.0265. The summed E-state index contributed by atoms with van der Waals surface area (Å²) in [7, 11) is 0. The Balaban J connectivity index is 3.52. The zero-order valence-corrected chi connectivity index (χ0v) is 16.9. The van der Waals surface area contributed by atoms with Gasteiger partial charge in [-0.1, -0.05) is 53.7 Å². The van der Waals surface area contributed by atoms with Crippen LogP contribution in [-0.2, 0) is 9.59 Å². The lowest BCUT2D eigenvalue weighted by Crippen LogP contribution is -2.31. The van der Waals surface area contributed by atoms with Gasteiger partial charge in [0.25, 0.3) is 0 Å². The molecule has 0 atom stereocenters. The molecule has 0 aliphatic rings. The minimum Gasteiger partial charge on any atom is -0.481 e. The van der Waals surface area contributed by atoms with E-state index in [2.05, 4.69) is 53.7 Å². The summed E-state index contributed by atoms with van der Waals surface area (Å²) in [4.78, 5) is 24.2. The SMILES string of the molecule is CC(C)c1cc(C(C)C)c(N(CCC(=O)O)CCC(=O)O)c(C(C)C)c1. The normalized spacial score (nSPS) is 11.4. The van der Waals surface area contributed by atoms with E-state index in [1.165, 1.54) is 5.56 Å². The van der Waals surface area contributed by atoms with Crippen LogP contribution in [0.15, 0.2) is 12.1 Å². The van der Waals surface area contributed by atoms with Crippen LogP contribution in [-0.4, -0.2) is 35.2 Å². The number of benzene rings is 1. The van der Waals surface area contributed by atoms with Crippen LogP contribution in [0.1, 0.15) is 88.8 Å². The molecule has 1 aromatic carbocycles. The molecule has 0 saturated heterocycles. The molecule has 0 aromatic heterocycles. The van der Waals surface area contributed by atoms with Gasteiger partial charge in [-0.25, -0.2) is 0 Å². The molecule has 0 amide bonds. The molecule has 5 heteroatoms. The monoisotopic (exact) mass is 363 g/mol. The first kappa shape index (κ1) is 22.0. The number of nitrogens with zero attached hydrogens (tertiary/aromatic N) is 1. The summed E-state index contributed by atoms with van der Waals surface area (Å²) < 4.78 is 0. The zero-order chi connectivity index (χ0) is 20.0. The maximum Gasteiger partial charge on any atom is 0.305 e. The highest BCUT2D eigenvalue weighted by Gasteiger charge is 2.22. The van der Waals surface area contributed by atoms with Crippen molar-refractivity contribution in [2.24, 2.45) is 0 Å². The summed E-state index contributed by atoms with van der Waals surface area (Å²) >= 11 is 0. The maximum absolute atomic E-state index is 11.1. The fraction of sp³-hybridized carbons (Fsp3) is 0.619. The van der Waals surface area contributed by atoms with Crippen molar-refractivity contribution in [2.75, 3.05) is 18.0 Å². The van der Waals surface area contributed by atoms with Crippen LogP contribution >= 0.6 is 0 Å². The van der Waals surface area contributed by atoms with Crippen molar-refractivity contribution >= 4 is 17.6 Å². The van der Waals surface area contributed by atoms with Gasteiger partial charge in [0.15, 0.2) is 0 Å². The Labute approximate surface area is 157 Å². The number of anilines is 1. The quantitative estimate of drug-likeness (QED) is 0.623. The molecule has 0 unspecified atom stereocenters. The third-order valence-corrected chi connectivity index (χ3v) is 4.61. The Hall–Kier alpha value is -2.04. The number of carboxylic acids is 2. The van der Waals surface area contributed by atoms with Crippen molar-refractivity contribution in [3.05, 3.63) is 28.8 Å². The third kappa shape index (κ3) is 6.04. The molecule has 1 rings (SSSR count). The van der Waals surface area contributed by atoms with Crippen molar-refractivity contribution in [3.63, 3.8) is 0 Å². The molecular formula is C21H33NO4. The van der Waals surface area contributed by atoms with E-state index in [0.717, 1.165) is 16.8 Å². The van der Waals surface area contributed by atoms with E-state index >= 15 is 0 Å². The second kappa shape index (κ2) is 9.60. The van der Waals surface area contributed by atoms with E-state index in [0.29, 0.717) is 19.0 Å². The molecular weight excluding hydrogens is 330 g/mol. The van der Waals surface area contributed by atoms with Gasteiger partial charge < -0.3 is 15.1 Å². The standard InChI is InChI=1S/C21H33NO4/c1-13(2)16-11-17(14(3)4)21(18(12-16)15(5)6)22(9-7-19(23)24)10-8-20(25)26/h11-15H,7-10H2,1-6H3,(H,23,24)(H,25,26). The first-order chi connectivity index (χ1) is 12.0. The van der Waals surface area contributed by atoms with Crippen LogP contribution in [0.2, 0.25) is 0 Å². The largest absolute Gasteiger partial charge is 0.481 e. The molecule has 1 aromatic rings. The van der Waals surface area contributed by atoms with Gasteiger partial charge in [0.05, 0.1) is 12.8 Å². The second-order valence-electron chi connectivity index (χ2n) is 7.79. The average Bonchev–Trinajstić information content (AvgIpc) is 2.53. The Morgan fingerprint density at radius 3 is 1.46 bits per heavy atom. The van der Waals surface area contributed by atoms with Crippen molar-refractivity contribution in [1.29, 1.82) is 0 Å². The minimum atomic E-state index is -0.874. The van der Waals surface area contributed by atoms with E-state index in [9.17, 15) is 9.59 Å². The van der Waals surface area contributed by atoms with Crippen molar-refractivity contribution < 1.29 is 19.8 Å². The number of rotatable bonds is 10. The molecule has 0 saturated carbocycles. The fourth-order valence-corrected chi connectivity index (χ4v) is 3.08. The third-order valence-electron chi connectivity index (χ3n) is 4.61. The predicted molar refractivity (Wildman–Crippen MR) is 105 cm³/mol. The van der Waals surface area contributed by atoms with Crippen LogP contribution in [0.3, 0.4) is 0 Å². The van der Waals surface area contributed by atoms with Crippen molar-refractivity contribution in [3.8, 4) is 0 Å². The Kier molecular flexibility index (Phi) is 8.12. The molecule has 0 radical (unpaired) electrons. The van der Waals surface area contributed by atoms with E-state index < -0.39 is 11.9 Å². The highest BCUT2D eigenvalue weighted by Crippen LogP contribution is 2.38. The van der Waals surface area contributed by atoms with Gasteiger partial charge in [-0.3, -0.25) is 9.59 Å². The summed E-state index contributed by atoms with van der Waals surface area (Å²) in [5.41, 5.74) is 4.60. The van der Waals surface area contributed by atoms with Gasteiger partial charge in [-0.15, -0.1) is 0 Å². The molecule has 0 heterocycles. The van der Waals surface area contributed by atoms with Crippen LogP contribution in [0.4, 0.5) is 5.69 Å². The fourth-order valence-electron chi connectivity index (χ4n) is 3.08. The van der Waals surface area contributed by atoms with Crippen LogP contribution in [0.5, 0.6) is 0 Å². The number of carboxylic acid groups (broad SMARTS) is 2. The molecule has 0 fully saturated rings. The molecule has 5 nitrogen and oxygen atoms in total. The highest BCUT2D eigenvalue weighted by molar-refractivity contribution is 5.71. The van der Waals surface area contributed by atoms with Gasteiger partial charge in [-0.2, -0.15) is 0 Å². The summed E-state index contributed by atoms with van der Waals surface area (Å²) in [5.74, 6) is -0.829. The second-order valence-corrected chi connectivity index (χ2v) is 7.79. The lowest BCUT2D eigenvalue weighted by atomic mass is 9.86. The van der Waals surface area contributed by atoms with Gasteiger partial charge in [0, 0.05) is 18.8 Å². The Morgan fingerprint density at radius 1 is 0.808 bits per heavy atom. The van der Waals surface area contributed by atoms with Crippen molar-refractivity contribution in [1.82, 2.24) is 0 Å². The van der Waals surface area contributed by atoms with E-state index in [-0.39, 0.29) is 24.7 Å². The average molecular weight is 363 g/mol. The van der Waals surface area contributed by atoms with Gasteiger partial charge in [0.2, 0.25) is 0 Å². The maximum atomic E-state index is 11.1. The summed E-state index contributed by atoms with van der Waals surface area (Å²) in [5, 5.41) is 18.2. The topological polar surface area (TPSA) is 77.8 Å². The van der Waals surface area contributed by atoms with E-state index in [4.69, 9.17) is 10.2 Å². The van der Waals surface area contributed by atoms with Crippen molar-refractivity contribution in [2.45, 2.75) is 72.1 Å². The lowest BCUT2D eigenvalue weighted by Gasteiger charge is -2.32. The van der Waals surface area contributed by atoms with E-state index in [1.807, 2.05) is 4.90 Å². The highest BCUT2D eigenvalue weighted by atomic mass is 16.4.